The van der Waals surface area contributed by atoms with Crippen LogP contribution >= 0.6 is 0 Å². The van der Waals surface area contributed by atoms with Crippen molar-refractivity contribution in [3.8, 4) is 0 Å². The normalized spacial score (nSPS) is 13.6. The molecule has 0 saturated carbocycles. The van der Waals surface area contributed by atoms with Gasteiger partial charge in [-0.1, -0.05) is 0 Å². The fourth-order valence-corrected chi connectivity index (χ4v) is 0.849. The van der Waals surface area contributed by atoms with Crippen molar-refractivity contribution in [1.29, 1.82) is 0 Å². The first-order valence-electron chi connectivity index (χ1n) is 4.11. The summed E-state index contributed by atoms with van der Waals surface area (Å²) in [6, 6.07) is 0. The van der Waals surface area contributed by atoms with Crippen LogP contribution in [-0.2, 0) is 19.6 Å². The fraction of sp³-hybridized carbons (Fsp3) is 0.857. The van der Waals surface area contributed by atoms with Gasteiger partial charge >= 0.3 is 21.5 Å². The summed E-state index contributed by atoms with van der Waals surface area (Å²) < 4.78 is 61.7. The Bertz CT molecular complexity index is 355. The van der Waals surface area contributed by atoms with Crippen LogP contribution in [0.4, 0.5) is 13.2 Å². The molecular formula is C7H12F3NO4S. The summed E-state index contributed by atoms with van der Waals surface area (Å²) in [6.07, 6.45) is 0. The standard InChI is InChI=1S/C7H12F3NO4S/c1-6(2,3)5(12)15-4-11-16(13,14)7(8,9)10/h11H,4H2,1-3H3. The van der Waals surface area contributed by atoms with Gasteiger partial charge in [-0.3, -0.25) is 4.79 Å². The maximum atomic E-state index is 11.8. The first kappa shape index (κ1) is 15.2. The number of hydrogen-bond donors (Lipinski definition) is 1. The third kappa shape index (κ3) is 4.35. The third-order valence-electron chi connectivity index (χ3n) is 1.37. The Kier molecular flexibility index (Phi) is 4.34. The van der Waals surface area contributed by atoms with Crippen molar-refractivity contribution in [2.24, 2.45) is 5.41 Å². The molecule has 1 N–H and O–H groups in total. The van der Waals surface area contributed by atoms with Gasteiger partial charge in [0, 0.05) is 0 Å². The SMILES string of the molecule is CC(C)(C)C(=O)OCNS(=O)(=O)C(F)(F)F. The first-order chi connectivity index (χ1) is 6.88. The van der Waals surface area contributed by atoms with Gasteiger partial charge in [-0.2, -0.15) is 17.9 Å². The number of rotatable bonds is 3. The summed E-state index contributed by atoms with van der Waals surface area (Å²) in [4.78, 5) is 11.1. The number of nitrogens with one attached hydrogen (secondary N) is 1. The van der Waals surface area contributed by atoms with Gasteiger partial charge in [0.15, 0.2) is 6.73 Å². The highest BCUT2D eigenvalue weighted by Crippen LogP contribution is 2.21. The lowest BCUT2D eigenvalue weighted by molar-refractivity contribution is -0.153. The van der Waals surface area contributed by atoms with Crippen molar-refractivity contribution in [3.05, 3.63) is 0 Å². The second-order valence-electron chi connectivity index (χ2n) is 3.92. The van der Waals surface area contributed by atoms with Crippen LogP contribution in [-0.4, -0.2) is 26.6 Å². The molecule has 0 spiro atoms. The number of ether oxygens (including phenoxy) is 1. The molecule has 0 fully saturated rings. The zero-order valence-corrected chi connectivity index (χ0v) is 9.70. The van der Waals surface area contributed by atoms with Gasteiger partial charge in [0.05, 0.1) is 5.41 Å². The molecule has 0 aliphatic rings. The van der Waals surface area contributed by atoms with Crippen molar-refractivity contribution in [2.45, 2.75) is 26.3 Å². The van der Waals surface area contributed by atoms with Gasteiger partial charge in [-0.05, 0) is 20.8 Å². The number of esters is 1. The van der Waals surface area contributed by atoms with Gasteiger partial charge in [0.25, 0.3) is 0 Å². The van der Waals surface area contributed by atoms with Crippen LogP contribution in [0.1, 0.15) is 20.8 Å². The van der Waals surface area contributed by atoms with Crippen LogP contribution in [0.3, 0.4) is 0 Å². The maximum absolute atomic E-state index is 11.8. The van der Waals surface area contributed by atoms with E-state index < -0.39 is 33.6 Å². The summed E-state index contributed by atoms with van der Waals surface area (Å²) >= 11 is 0. The van der Waals surface area contributed by atoms with E-state index in [1.54, 1.807) is 0 Å². The van der Waals surface area contributed by atoms with Crippen LogP contribution in [0.15, 0.2) is 0 Å². The minimum Gasteiger partial charge on any atom is -0.448 e. The monoisotopic (exact) mass is 263 g/mol. The lowest BCUT2D eigenvalue weighted by Crippen LogP contribution is -2.39. The average Bonchev–Trinajstić information content (AvgIpc) is 1.99. The highest BCUT2D eigenvalue weighted by molar-refractivity contribution is 7.90. The van der Waals surface area contributed by atoms with Crippen molar-refractivity contribution in [2.75, 3.05) is 6.73 Å². The van der Waals surface area contributed by atoms with E-state index in [0.29, 0.717) is 0 Å². The van der Waals surface area contributed by atoms with Crippen molar-refractivity contribution in [1.82, 2.24) is 4.72 Å². The average molecular weight is 263 g/mol. The molecule has 0 bridgehead atoms. The molecule has 0 atom stereocenters. The number of carbonyl (C=O) groups excluding carboxylic acids is 1. The van der Waals surface area contributed by atoms with E-state index in [4.69, 9.17) is 0 Å². The number of halogens is 3. The molecule has 0 radical (unpaired) electrons. The Morgan fingerprint density at radius 3 is 2.00 bits per heavy atom. The molecule has 16 heavy (non-hydrogen) atoms. The van der Waals surface area contributed by atoms with Crippen LogP contribution in [0.2, 0.25) is 0 Å². The van der Waals surface area contributed by atoms with Crippen molar-refractivity contribution < 1.29 is 31.1 Å². The molecule has 0 aromatic carbocycles. The van der Waals surface area contributed by atoms with E-state index >= 15 is 0 Å². The fourth-order valence-electron chi connectivity index (χ4n) is 0.471. The van der Waals surface area contributed by atoms with Crippen molar-refractivity contribution >= 4 is 16.0 Å². The van der Waals surface area contributed by atoms with Crippen LogP contribution in [0.25, 0.3) is 0 Å². The van der Waals surface area contributed by atoms with E-state index in [1.165, 1.54) is 20.8 Å². The Morgan fingerprint density at radius 2 is 1.69 bits per heavy atom. The summed E-state index contributed by atoms with van der Waals surface area (Å²) in [5.41, 5.74) is -6.33. The molecule has 0 aliphatic carbocycles. The lowest BCUT2D eigenvalue weighted by atomic mass is 9.98. The summed E-state index contributed by atoms with van der Waals surface area (Å²) in [6.45, 7) is 3.40. The third-order valence-corrected chi connectivity index (χ3v) is 2.48. The number of sulfonamides is 1. The second kappa shape index (κ2) is 4.58. The minimum absolute atomic E-state index is 0.808. The number of hydrogen-bond acceptors (Lipinski definition) is 4. The van der Waals surface area contributed by atoms with E-state index in [-0.39, 0.29) is 0 Å². The largest absolute Gasteiger partial charge is 0.511 e. The molecule has 0 amide bonds. The maximum Gasteiger partial charge on any atom is 0.511 e. The molecule has 0 unspecified atom stereocenters. The molecule has 0 aromatic heterocycles. The molecular weight excluding hydrogens is 251 g/mol. The van der Waals surface area contributed by atoms with Gasteiger partial charge in [-0.15, -0.1) is 0 Å². The molecule has 9 heteroatoms. The summed E-state index contributed by atoms with van der Waals surface area (Å²) in [7, 11) is -5.47. The molecule has 5 nitrogen and oxygen atoms in total. The predicted molar refractivity (Wildman–Crippen MR) is 48.5 cm³/mol. The summed E-state index contributed by atoms with van der Waals surface area (Å²) in [5.74, 6) is -0.808. The molecule has 0 heterocycles. The van der Waals surface area contributed by atoms with Gasteiger partial charge in [-0.25, -0.2) is 8.42 Å². The summed E-state index contributed by atoms with van der Waals surface area (Å²) in [5, 5.41) is 0. The predicted octanol–water partition coefficient (Wildman–Crippen LogP) is 0.972. The Hall–Kier alpha value is -0.830. The highest BCUT2D eigenvalue weighted by Gasteiger charge is 2.45. The number of alkyl halides is 3. The Balaban J connectivity index is 4.27. The van der Waals surface area contributed by atoms with Crippen molar-refractivity contribution in [3.63, 3.8) is 0 Å². The smallest absolute Gasteiger partial charge is 0.448 e. The van der Waals surface area contributed by atoms with E-state index in [9.17, 15) is 26.4 Å². The van der Waals surface area contributed by atoms with E-state index in [0.717, 1.165) is 4.72 Å². The van der Waals surface area contributed by atoms with Gasteiger partial charge in [0.1, 0.15) is 0 Å². The van der Waals surface area contributed by atoms with Crippen LogP contribution in [0.5, 0.6) is 0 Å². The molecule has 96 valence electrons. The lowest BCUT2D eigenvalue weighted by Gasteiger charge is -2.17. The highest BCUT2D eigenvalue weighted by atomic mass is 32.2. The quantitative estimate of drug-likeness (QED) is 0.608. The molecule has 0 aromatic rings. The Labute approximate surface area is 91.0 Å². The topological polar surface area (TPSA) is 72.5 Å². The zero-order valence-electron chi connectivity index (χ0n) is 8.88. The zero-order chi connectivity index (χ0) is 13.2. The molecule has 0 rings (SSSR count). The minimum atomic E-state index is -5.47. The first-order valence-corrected chi connectivity index (χ1v) is 5.59. The van der Waals surface area contributed by atoms with Gasteiger partial charge < -0.3 is 4.74 Å². The van der Waals surface area contributed by atoms with Gasteiger partial charge in [0.2, 0.25) is 0 Å². The molecule has 0 saturated heterocycles. The second-order valence-corrected chi connectivity index (χ2v) is 5.68. The van der Waals surface area contributed by atoms with E-state index in [2.05, 4.69) is 4.74 Å². The van der Waals surface area contributed by atoms with E-state index in [1.807, 2.05) is 0 Å². The Morgan fingerprint density at radius 1 is 1.25 bits per heavy atom. The number of carbonyl (C=O) groups is 1. The van der Waals surface area contributed by atoms with Crippen LogP contribution in [0, 0.1) is 5.41 Å². The molecule has 0 aliphatic heterocycles. The van der Waals surface area contributed by atoms with Crippen LogP contribution < -0.4 is 4.72 Å².